The van der Waals surface area contributed by atoms with E-state index in [2.05, 4.69) is 10.6 Å². The van der Waals surface area contributed by atoms with Gasteiger partial charge in [-0.05, 0) is 62.2 Å². The number of hydrogen-bond donors (Lipinski definition) is 2. The maximum Gasteiger partial charge on any atom is 0.338 e. The van der Waals surface area contributed by atoms with Crippen molar-refractivity contribution in [2.24, 2.45) is 0 Å². The van der Waals surface area contributed by atoms with Gasteiger partial charge in [0.15, 0.2) is 9.84 Å². The van der Waals surface area contributed by atoms with Crippen molar-refractivity contribution in [2.45, 2.75) is 31.7 Å². The summed E-state index contributed by atoms with van der Waals surface area (Å²) in [5.74, 6) is -1.36. The standard InChI is InChI=1S/C23H25FN2O6S/c1-4-31-16-8-6-15(7-9-16)21-20(22(27)32-5-2)19(25-23(28)26-21)13-33(29,30)17-10-11-18(24)14(3)12-17/h6-12,21H,4-5,13H2,1-3H3,(H2,25,26,28). The molecule has 1 aliphatic heterocycles. The van der Waals surface area contributed by atoms with Gasteiger partial charge in [-0.15, -0.1) is 0 Å². The number of sulfone groups is 1. The number of rotatable bonds is 8. The fourth-order valence-electron chi connectivity index (χ4n) is 3.44. The number of urea groups is 1. The van der Waals surface area contributed by atoms with Gasteiger partial charge in [-0.25, -0.2) is 22.4 Å². The lowest BCUT2D eigenvalue weighted by molar-refractivity contribution is -0.139. The van der Waals surface area contributed by atoms with Gasteiger partial charge < -0.3 is 20.1 Å². The van der Waals surface area contributed by atoms with E-state index in [4.69, 9.17) is 9.47 Å². The van der Waals surface area contributed by atoms with Crippen molar-refractivity contribution in [3.05, 3.63) is 70.7 Å². The van der Waals surface area contributed by atoms with Crippen molar-refractivity contribution in [1.29, 1.82) is 0 Å². The largest absolute Gasteiger partial charge is 0.494 e. The van der Waals surface area contributed by atoms with Crippen LogP contribution in [0.1, 0.15) is 31.0 Å². The van der Waals surface area contributed by atoms with Gasteiger partial charge in [0.1, 0.15) is 11.6 Å². The summed E-state index contributed by atoms with van der Waals surface area (Å²) in [6.45, 7) is 5.45. The van der Waals surface area contributed by atoms with Gasteiger partial charge in [-0.1, -0.05) is 12.1 Å². The summed E-state index contributed by atoms with van der Waals surface area (Å²) in [4.78, 5) is 25.1. The lowest BCUT2D eigenvalue weighted by Gasteiger charge is -2.29. The highest BCUT2D eigenvalue weighted by atomic mass is 32.2. The summed E-state index contributed by atoms with van der Waals surface area (Å²) in [6.07, 6.45) is 0. The highest BCUT2D eigenvalue weighted by Gasteiger charge is 2.35. The maximum absolute atomic E-state index is 13.6. The van der Waals surface area contributed by atoms with E-state index in [1.54, 1.807) is 31.2 Å². The van der Waals surface area contributed by atoms with Crippen LogP contribution in [-0.4, -0.2) is 39.4 Å². The highest BCUT2D eigenvalue weighted by Crippen LogP contribution is 2.30. The molecular formula is C23H25FN2O6S. The Morgan fingerprint density at radius 1 is 1.09 bits per heavy atom. The van der Waals surface area contributed by atoms with Gasteiger partial charge in [-0.3, -0.25) is 0 Å². The van der Waals surface area contributed by atoms with Crippen LogP contribution in [0.2, 0.25) is 0 Å². The Balaban J connectivity index is 2.07. The third-order valence-corrected chi connectivity index (χ3v) is 6.64. The van der Waals surface area contributed by atoms with E-state index in [9.17, 15) is 22.4 Å². The van der Waals surface area contributed by atoms with E-state index in [1.807, 2.05) is 6.92 Å². The summed E-state index contributed by atoms with van der Waals surface area (Å²) in [6, 6.07) is 8.55. The molecule has 1 atom stereocenters. The lowest BCUT2D eigenvalue weighted by Crippen LogP contribution is -2.47. The molecule has 1 heterocycles. The van der Waals surface area contributed by atoms with Crippen LogP contribution < -0.4 is 15.4 Å². The second-order valence-corrected chi connectivity index (χ2v) is 9.31. The molecule has 2 aromatic carbocycles. The first kappa shape index (κ1) is 24.2. The second-order valence-electron chi connectivity index (χ2n) is 7.32. The first-order valence-electron chi connectivity index (χ1n) is 10.4. The van der Waals surface area contributed by atoms with Crippen LogP contribution >= 0.6 is 0 Å². The minimum Gasteiger partial charge on any atom is -0.494 e. The zero-order valence-corrected chi connectivity index (χ0v) is 19.3. The molecule has 10 heteroatoms. The normalized spacial score (nSPS) is 16.1. The molecule has 2 amide bonds. The van der Waals surface area contributed by atoms with Crippen LogP contribution in [0.5, 0.6) is 5.75 Å². The lowest BCUT2D eigenvalue weighted by atomic mass is 9.95. The Bertz CT molecular complexity index is 1190. The average Bonchev–Trinajstić information content (AvgIpc) is 2.75. The van der Waals surface area contributed by atoms with Crippen LogP contribution in [0.4, 0.5) is 9.18 Å². The summed E-state index contributed by atoms with van der Waals surface area (Å²) in [5, 5.41) is 5.09. The number of carbonyl (C=O) groups is 2. The minimum atomic E-state index is -4.02. The first-order chi connectivity index (χ1) is 15.7. The van der Waals surface area contributed by atoms with Crippen molar-refractivity contribution in [1.82, 2.24) is 10.6 Å². The van der Waals surface area contributed by atoms with E-state index in [0.29, 0.717) is 17.9 Å². The number of amides is 2. The molecule has 0 radical (unpaired) electrons. The SMILES string of the molecule is CCOC(=O)C1=C(CS(=O)(=O)c2ccc(F)c(C)c2)NC(=O)NC1c1ccc(OCC)cc1. The van der Waals surface area contributed by atoms with Gasteiger partial charge in [-0.2, -0.15) is 0 Å². The number of aryl methyl sites for hydroxylation is 1. The van der Waals surface area contributed by atoms with Gasteiger partial charge in [0.25, 0.3) is 0 Å². The van der Waals surface area contributed by atoms with Gasteiger partial charge >= 0.3 is 12.0 Å². The summed E-state index contributed by atoms with van der Waals surface area (Å²) in [5.41, 5.74) is 0.585. The molecule has 2 aromatic rings. The van der Waals surface area contributed by atoms with E-state index < -0.39 is 39.4 Å². The third-order valence-electron chi connectivity index (χ3n) is 5.00. The zero-order chi connectivity index (χ0) is 24.2. The van der Waals surface area contributed by atoms with Crippen molar-refractivity contribution in [3.63, 3.8) is 0 Å². The predicted octanol–water partition coefficient (Wildman–Crippen LogP) is 3.18. The molecule has 1 unspecified atom stereocenters. The average molecular weight is 477 g/mol. The van der Waals surface area contributed by atoms with E-state index in [-0.39, 0.29) is 28.3 Å². The number of benzene rings is 2. The molecule has 0 bridgehead atoms. The third kappa shape index (κ3) is 5.51. The Morgan fingerprint density at radius 3 is 2.39 bits per heavy atom. The predicted molar refractivity (Wildman–Crippen MR) is 119 cm³/mol. The quantitative estimate of drug-likeness (QED) is 0.447. The number of halogens is 1. The van der Waals surface area contributed by atoms with Gasteiger partial charge in [0.05, 0.1) is 35.5 Å². The van der Waals surface area contributed by atoms with Crippen LogP contribution in [-0.2, 0) is 19.4 Å². The summed E-state index contributed by atoms with van der Waals surface area (Å²) >= 11 is 0. The van der Waals surface area contributed by atoms with Crippen LogP contribution in [0.25, 0.3) is 0 Å². The molecule has 0 aliphatic carbocycles. The minimum absolute atomic E-state index is 0.0250. The van der Waals surface area contributed by atoms with Crippen LogP contribution in [0.15, 0.2) is 58.6 Å². The van der Waals surface area contributed by atoms with E-state index >= 15 is 0 Å². The van der Waals surface area contributed by atoms with E-state index in [1.165, 1.54) is 13.0 Å². The van der Waals surface area contributed by atoms with Crippen LogP contribution in [0.3, 0.4) is 0 Å². The topological polar surface area (TPSA) is 111 Å². The fourth-order valence-corrected chi connectivity index (χ4v) is 4.84. The Labute approximate surface area is 191 Å². The number of esters is 1. The Hall–Kier alpha value is -3.40. The number of nitrogens with one attached hydrogen (secondary N) is 2. The van der Waals surface area contributed by atoms with Crippen LogP contribution in [0, 0.1) is 12.7 Å². The van der Waals surface area contributed by atoms with Crippen molar-refractivity contribution < 1.29 is 31.9 Å². The molecule has 0 saturated carbocycles. The second kappa shape index (κ2) is 10.0. The van der Waals surface area contributed by atoms with Gasteiger partial charge in [0, 0.05) is 5.70 Å². The van der Waals surface area contributed by atoms with E-state index in [0.717, 1.165) is 12.1 Å². The smallest absolute Gasteiger partial charge is 0.338 e. The van der Waals surface area contributed by atoms with Crippen molar-refractivity contribution >= 4 is 21.8 Å². The molecule has 1 aliphatic rings. The zero-order valence-electron chi connectivity index (χ0n) is 18.5. The molecule has 0 saturated heterocycles. The molecule has 0 spiro atoms. The fraction of sp³-hybridized carbons (Fsp3) is 0.304. The Kier molecular flexibility index (Phi) is 7.37. The monoisotopic (exact) mass is 476 g/mol. The Morgan fingerprint density at radius 2 is 1.79 bits per heavy atom. The molecular weight excluding hydrogens is 451 g/mol. The molecule has 0 aromatic heterocycles. The number of carbonyl (C=O) groups excluding carboxylic acids is 2. The summed E-state index contributed by atoms with van der Waals surface area (Å²) < 4.78 is 50.3. The molecule has 2 N–H and O–H groups in total. The highest BCUT2D eigenvalue weighted by molar-refractivity contribution is 7.91. The van der Waals surface area contributed by atoms with Crippen molar-refractivity contribution in [3.8, 4) is 5.75 Å². The molecule has 33 heavy (non-hydrogen) atoms. The number of ether oxygens (including phenoxy) is 2. The summed E-state index contributed by atoms with van der Waals surface area (Å²) in [7, 11) is -4.02. The maximum atomic E-state index is 13.6. The molecule has 176 valence electrons. The van der Waals surface area contributed by atoms with Gasteiger partial charge in [0.2, 0.25) is 0 Å². The number of hydrogen-bond acceptors (Lipinski definition) is 6. The molecule has 3 rings (SSSR count). The van der Waals surface area contributed by atoms with Crippen molar-refractivity contribution in [2.75, 3.05) is 19.0 Å². The molecule has 0 fully saturated rings. The first-order valence-corrected chi connectivity index (χ1v) is 12.0. The molecule has 8 nitrogen and oxygen atoms in total.